The predicted molar refractivity (Wildman–Crippen MR) is 173 cm³/mol. The fraction of sp³-hybridized carbons (Fsp3) is 0.412. The monoisotopic (exact) mass is 598 g/mol. The SMILES string of the molecule is Cc1ccc(-n2nc(C(C)(C)C)cc2NC(=O)Nc2cnc(OC3CCN(C(=O)OC(C)(C)C)CC3)c3ccccc23)cc1. The summed E-state index contributed by atoms with van der Waals surface area (Å²) in [5, 5.41) is 12.4. The fourth-order valence-electron chi connectivity index (χ4n) is 4.99. The molecule has 1 saturated heterocycles. The summed E-state index contributed by atoms with van der Waals surface area (Å²) in [4.78, 5) is 32.1. The minimum atomic E-state index is -0.530. The number of ether oxygens (including phenoxy) is 2. The zero-order valence-corrected chi connectivity index (χ0v) is 26.6. The molecule has 4 aromatic rings. The molecule has 2 aromatic heterocycles. The highest BCUT2D eigenvalue weighted by Gasteiger charge is 2.28. The molecular formula is C34H42N6O4. The zero-order valence-electron chi connectivity index (χ0n) is 26.6. The number of carbonyl (C=O) groups excluding carboxylic acids is 2. The number of rotatable bonds is 5. The molecule has 2 N–H and O–H groups in total. The molecule has 0 radical (unpaired) electrons. The van der Waals surface area contributed by atoms with Gasteiger partial charge in [-0.3, -0.25) is 5.32 Å². The van der Waals surface area contributed by atoms with Gasteiger partial charge in [0.1, 0.15) is 17.5 Å². The van der Waals surface area contributed by atoms with Crippen LogP contribution < -0.4 is 15.4 Å². The highest BCUT2D eigenvalue weighted by Crippen LogP contribution is 2.32. The van der Waals surface area contributed by atoms with E-state index < -0.39 is 11.6 Å². The summed E-state index contributed by atoms with van der Waals surface area (Å²) in [5.41, 5.74) is 2.68. The van der Waals surface area contributed by atoms with E-state index in [1.165, 1.54) is 0 Å². The summed E-state index contributed by atoms with van der Waals surface area (Å²) in [6, 6.07) is 17.2. The summed E-state index contributed by atoms with van der Waals surface area (Å²) in [5.74, 6) is 1.06. The molecule has 232 valence electrons. The number of carbonyl (C=O) groups is 2. The van der Waals surface area contributed by atoms with E-state index in [2.05, 4.69) is 36.4 Å². The van der Waals surface area contributed by atoms with Gasteiger partial charge in [0.25, 0.3) is 0 Å². The smallest absolute Gasteiger partial charge is 0.410 e. The van der Waals surface area contributed by atoms with Gasteiger partial charge in [-0.2, -0.15) is 5.10 Å². The Labute approximate surface area is 258 Å². The number of pyridine rings is 1. The van der Waals surface area contributed by atoms with Crippen LogP contribution in [-0.4, -0.2) is 56.6 Å². The predicted octanol–water partition coefficient (Wildman–Crippen LogP) is 7.45. The van der Waals surface area contributed by atoms with Crippen molar-refractivity contribution in [3.05, 3.63) is 72.1 Å². The quantitative estimate of drug-likeness (QED) is 0.247. The van der Waals surface area contributed by atoms with Crippen molar-refractivity contribution in [2.45, 2.75) is 78.4 Å². The molecule has 0 spiro atoms. The van der Waals surface area contributed by atoms with Crippen molar-refractivity contribution in [1.82, 2.24) is 19.7 Å². The molecule has 3 heterocycles. The number of nitrogens with one attached hydrogen (secondary N) is 2. The van der Waals surface area contributed by atoms with Crippen LogP contribution in [0.1, 0.15) is 65.6 Å². The van der Waals surface area contributed by atoms with Crippen LogP contribution in [0.4, 0.5) is 21.1 Å². The molecule has 3 amide bonds. The summed E-state index contributed by atoms with van der Waals surface area (Å²) >= 11 is 0. The average Bonchev–Trinajstić information content (AvgIpc) is 3.38. The normalized spacial score (nSPS) is 14.4. The van der Waals surface area contributed by atoms with Crippen LogP contribution in [-0.2, 0) is 10.2 Å². The van der Waals surface area contributed by atoms with Gasteiger partial charge in [-0.15, -0.1) is 0 Å². The minimum Gasteiger partial charge on any atom is -0.474 e. The van der Waals surface area contributed by atoms with E-state index in [0.717, 1.165) is 27.7 Å². The first-order chi connectivity index (χ1) is 20.8. The zero-order chi connectivity index (χ0) is 31.6. The second-order valence-electron chi connectivity index (χ2n) is 13.3. The van der Waals surface area contributed by atoms with Crippen LogP contribution in [0.25, 0.3) is 16.5 Å². The molecule has 0 aliphatic carbocycles. The topological polar surface area (TPSA) is 111 Å². The van der Waals surface area contributed by atoms with Crippen molar-refractivity contribution in [2.75, 3.05) is 23.7 Å². The van der Waals surface area contributed by atoms with Gasteiger partial charge >= 0.3 is 12.1 Å². The summed E-state index contributed by atoms with van der Waals surface area (Å²) < 4.78 is 13.6. The van der Waals surface area contributed by atoms with Gasteiger partial charge in [0.15, 0.2) is 0 Å². The number of piperidine rings is 1. The second kappa shape index (κ2) is 12.2. The molecular weight excluding hydrogens is 556 g/mol. The van der Waals surface area contributed by atoms with Crippen molar-refractivity contribution in [2.24, 2.45) is 0 Å². The highest BCUT2D eigenvalue weighted by molar-refractivity contribution is 6.06. The van der Waals surface area contributed by atoms with Crippen LogP contribution >= 0.6 is 0 Å². The number of aryl methyl sites for hydroxylation is 1. The first-order valence-corrected chi connectivity index (χ1v) is 15.0. The minimum absolute atomic E-state index is 0.0919. The third-order valence-corrected chi connectivity index (χ3v) is 7.38. The van der Waals surface area contributed by atoms with Gasteiger partial charge in [-0.25, -0.2) is 19.3 Å². The molecule has 10 nitrogen and oxygen atoms in total. The average molecular weight is 599 g/mol. The number of fused-ring (bicyclic) bond motifs is 1. The Kier molecular flexibility index (Phi) is 8.54. The van der Waals surface area contributed by atoms with Gasteiger partial charge in [0.05, 0.1) is 23.3 Å². The molecule has 1 aliphatic rings. The maximum absolute atomic E-state index is 13.3. The maximum Gasteiger partial charge on any atom is 0.410 e. The Morgan fingerprint density at radius 1 is 0.909 bits per heavy atom. The van der Waals surface area contributed by atoms with Crippen molar-refractivity contribution in [1.29, 1.82) is 0 Å². The Hall–Kier alpha value is -4.60. The number of urea groups is 1. The lowest BCUT2D eigenvalue weighted by molar-refractivity contribution is 0.0124. The molecule has 5 rings (SSSR count). The summed E-state index contributed by atoms with van der Waals surface area (Å²) in [6.07, 6.45) is 2.56. The lowest BCUT2D eigenvalue weighted by Crippen LogP contribution is -2.44. The van der Waals surface area contributed by atoms with Gasteiger partial charge in [-0.1, -0.05) is 56.7 Å². The van der Waals surface area contributed by atoms with E-state index in [0.29, 0.717) is 43.3 Å². The van der Waals surface area contributed by atoms with Crippen molar-refractivity contribution in [3.63, 3.8) is 0 Å². The number of aromatic nitrogens is 3. The Balaban J connectivity index is 1.30. The molecule has 0 saturated carbocycles. The second-order valence-corrected chi connectivity index (χ2v) is 13.3. The van der Waals surface area contributed by atoms with E-state index in [1.54, 1.807) is 15.8 Å². The maximum atomic E-state index is 13.3. The number of benzene rings is 2. The summed E-state index contributed by atoms with van der Waals surface area (Å²) in [6.45, 7) is 15.0. The van der Waals surface area contributed by atoms with Gasteiger partial charge < -0.3 is 19.7 Å². The number of hydrogen-bond donors (Lipinski definition) is 2. The third-order valence-electron chi connectivity index (χ3n) is 7.38. The molecule has 2 aromatic carbocycles. The van der Waals surface area contributed by atoms with E-state index in [9.17, 15) is 9.59 Å². The molecule has 1 aliphatic heterocycles. The van der Waals surface area contributed by atoms with Crippen LogP contribution in [0.2, 0.25) is 0 Å². The van der Waals surface area contributed by atoms with E-state index in [-0.39, 0.29) is 17.6 Å². The van der Waals surface area contributed by atoms with Gasteiger partial charge in [0.2, 0.25) is 5.88 Å². The lowest BCUT2D eigenvalue weighted by Gasteiger charge is -2.33. The highest BCUT2D eigenvalue weighted by atomic mass is 16.6. The third kappa shape index (κ3) is 7.30. The number of nitrogens with zero attached hydrogens (tertiary/aromatic N) is 4. The van der Waals surface area contributed by atoms with E-state index >= 15 is 0 Å². The molecule has 0 bridgehead atoms. The molecule has 10 heteroatoms. The largest absolute Gasteiger partial charge is 0.474 e. The number of anilines is 2. The fourth-order valence-corrected chi connectivity index (χ4v) is 4.99. The van der Waals surface area contributed by atoms with Crippen LogP contribution in [0, 0.1) is 6.92 Å². The van der Waals surface area contributed by atoms with Crippen LogP contribution in [0.3, 0.4) is 0 Å². The number of likely N-dealkylation sites (tertiary alicyclic amines) is 1. The summed E-state index contributed by atoms with van der Waals surface area (Å²) in [7, 11) is 0. The molecule has 44 heavy (non-hydrogen) atoms. The van der Waals surface area contributed by atoms with Crippen molar-refractivity contribution >= 4 is 34.4 Å². The molecule has 1 fully saturated rings. The molecule has 0 atom stereocenters. The van der Waals surface area contributed by atoms with Gasteiger partial charge in [-0.05, 0) is 45.9 Å². The lowest BCUT2D eigenvalue weighted by atomic mass is 9.92. The Bertz CT molecular complexity index is 1640. The van der Waals surface area contributed by atoms with E-state index in [1.807, 2.05) is 82.3 Å². The number of hydrogen-bond acceptors (Lipinski definition) is 6. The first-order valence-electron chi connectivity index (χ1n) is 15.0. The van der Waals surface area contributed by atoms with Crippen molar-refractivity contribution < 1.29 is 19.1 Å². The Morgan fingerprint density at radius 2 is 1.57 bits per heavy atom. The first kappa shape index (κ1) is 30.8. The Morgan fingerprint density at radius 3 is 2.20 bits per heavy atom. The molecule has 0 unspecified atom stereocenters. The van der Waals surface area contributed by atoms with Crippen LogP contribution in [0.15, 0.2) is 60.8 Å². The van der Waals surface area contributed by atoms with Gasteiger partial charge in [0, 0.05) is 48.2 Å². The van der Waals surface area contributed by atoms with Crippen molar-refractivity contribution in [3.8, 4) is 11.6 Å². The van der Waals surface area contributed by atoms with Crippen LogP contribution in [0.5, 0.6) is 5.88 Å². The standard InChI is InChI=1S/C34H42N6O4/c1-22-12-14-23(15-13-22)40-29(20-28(38-40)33(2,3)4)37-31(41)36-27-21-35-30(26-11-9-8-10-25(26)27)43-24-16-18-39(19-17-24)32(42)44-34(5,6)7/h8-15,20-21,24H,16-19H2,1-7H3,(H2,36,37,41). The number of amides is 3. The van der Waals surface area contributed by atoms with E-state index in [4.69, 9.17) is 14.6 Å².